The molecule has 0 saturated carbocycles. The average Bonchev–Trinajstić information content (AvgIpc) is 2.85. The predicted octanol–water partition coefficient (Wildman–Crippen LogP) is 2.68. The maximum Gasteiger partial charge on any atom is 0.274 e. The zero-order valence-electron chi connectivity index (χ0n) is 13.0. The van der Waals surface area contributed by atoms with E-state index in [0.717, 1.165) is 5.56 Å². The van der Waals surface area contributed by atoms with Gasteiger partial charge in [-0.25, -0.2) is 5.43 Å². The van der Waals surface area contributed by atoms with Crippen molar-refractivity contribution in [3.63, 3.8) is 0 Å². The molecule has 22 heavy (non-hydrogen) atoms. The van der Waals surface area contributed by atoms with Crippen molar-refractivity contribution in [2.75, 3.05) is 14.2 Å². The van der Waals surface area contributed by atoms with Gasteiger partial charge in [0, 0.05) is 11.6 Å². The molecule has 0 aliphatic heterocycles. The molecule has 0 radical (unpaired) electrons. The van der Waals surface area contributed by atoms with Crippen molar-refractivity contribution in [1.82, 2.24) is 5.43 Å². The first-order chi connectivity index (χ1) is 10.5. The first kappa shape index (κ1) is 15.6. The summed E-state index contributed by atoms with van der Waals surface area (Å²) in [7, 11) is 3.14. The van der Waals surface area contributed by atoms with Crippen molar-refractivity contribution in [2.45, 2.75) is 13.8 Å². The molecule has 116 valence electrons. The van der Waals surface area contributed by atoms with Crippen LogP contribution in [0.4, 0.5) is 0 Å². The molecule has 0 saturated heterocycles. The van der Waals surface area contributed by atoms with Crippen molar-refractivity contribution in [2.24, 2.45) is 5.10 Å². The molecule has 1 heterocycles. The monoisotopic (exact) mass is 302 g/mol. The molecule has 6 heteroatoms. The SMILES string of the molecule is COc1cc(/C=N/NC(=O)c2cc(C)oc2C)cc(OC)c1. The number of aryl methyl sites for hydroxylation is 2. The molecule has 2 rings (SSSR count). The number of hydrogen-bond acceptors (Lipinski definition) is 5. The highest BCUT2D eigenvalue weighted by molar-refractivity contribution is 5.95. The van der Waals surface area contributed by atoms with E-state index in [9.17, 15) is 4.79 Å². The van der Waals surface area contributed by atoms with Gasteiger partial charge in [0.05, 0.1) is 26.0 Å². The van der Waals surface area contributed by atoms with Gasteiger partial charge in [-0.3, -0.25) is 4.79 Å². The molecule has 1 aromatic carbocycles. The zero-order valence-corrected chi connectivity index (χ0v) is 13.0. The van der Waals surface area contributed by atoms with Gasteiger partial charge in [-0.05, 0) is 32.0 Å². The third-order valence-electron chi connectivity index (χ3n) is 3.04. The largest absolute Gasteiger partial charge is 0.497 e. The number of carbonyl (C=O) groups is 1. The third kappa shape index (κ3) is 3.66. The number of furan rings is 1. The van der Waals surface area contributed by atoms with Crippen LogP contribution in [0, 0.1) is 13.8 Å². The van der Waals surface area contributed by atoms with Crippen LogP contribution in [0.1, 0.15) is 27.4 Å². The Kier molecular flexibility index (Phi) is 4.83. The second-order valence-electron chi connectivity index (χ2n) is 4.67. The molecule has 1 aromatic heterocycles. The van der Waals surface area contributed by atoms with E-state index in [-0.39, 0.29) is 5.91 Å². The van der Waals surface area contributed by atoms with E-state index in [1.165, 1.54) is 6.21 Å². The van der Waals surface area contributed by atoms with Gasteiger partial charge < -0.3 is 13.9 Å². The Labute approximate surface area is 128 Å². The van der Waals surface area contributed by atoms with Gasteiger partial charge >= 0.3 is 0 Å². The molecule has 0 aliphatic carbocycles. The van der Waals surface area contributed by atoms with E-state index in [4.69, 9.17) is 13.9 Å². The van der Waals surface area contributed by atoms with E-state index in [1.807, 2.05) is 0 Å². The summed E-state index contributed by atoms with van der Waals surface area (Å²) in [6.45, 7) is 3.52. The summed E-state index contributed by atoms with van der Waals surface area (Å²) in [5.74, 6) is 2.22. The summed E-state index contributed by atoms with van der Waals surface area (Å²) >= 11 is 0. The van der Waals surface area contributed by atoms with Crippen molar-refractivity contribution in [3.8, 4) is 11.5 Å². The number of ether oxygens (including phenoxy) is 2. The summed E-state index contributed by atoms with van der Waals surface area (Å²) in [5, 5.41) is 3.94. The topological polar surface area (TPSA) is 73.1 Å². The molecule has 0 unspecified atom stereocenters. The first-order valence-corrected chi connectivity index (χ1v) is 6.67. The standard InChI is InChI=1S/C16H18N2O4/c1-10-5-15(11(2)22-10)16(19)18-17-9-12-6-13(20-3)8-14(7-12)21-4/h5-9H,1-4H3,(H,18,19)/b17-9+. The van der Waals surface area contributed by atoms with Crippen LogP contribution in [0.3, 0.4) is 0 Å². The lowest BCUT2D eigenvalue weighted by Gasteiger charge is -2.05. The summed E-state index contributed by atoms with van der Waals surface area (Å²) in [4.78, 5) is 12.0. The lowest BCUT2D eigenvalue weighted by Crippen LogP contribution is -2.17. The fourth-order valence-electron chi connectivity index (χ4n) is 1.99. The molecule has 0 bridgehead atoms. The number of carbonyl (C=O) groups excluding carboxylic acids is 1. The maximum absolute atomic E-state index is 12.0. The average molecular weight is 302 g/mol. The number of amides is 1. The zero-order chi connectivity index (χ0) is 16.1. The van der Waals surface area contributed by atoms with Gasteiger partial charge in [0.15, 0.2) is 0 Å². The molecule has 0 aliphatic rings. The lowest BCUT2D eigenvalue weighted by molar-refractivity contribution is 0.0953. The second-order valence-corrected chi connectivity index (χ2v) is 4.67. The summed E-state index contributed by atoms with van der Waals surface area (Å²) in [5.41, 5.74) is 3.68. The first-order valence-electron chi connectivity index (χ1n) is 6.67. The van der Waals surface area contributed by atoms with Crippen LogP contribution in [0.25, 0.3) is 0 Å². The molecule has 2 aromatic rings. The fourth-order valence-corrected chi connectivity index (χ4v) is 1.99. The maximum atomic E-state index is 12.0. The number of benzene rings is 1. The lowest BCUT2D eigenvalue weighted by atomic mass is 10.2. The number of rotatable bonds is 5. The Bertz CT molecular complexity index is 682. The van der Waals surface area contributed by atoms with Crippen molar-refractivity contribution >= 4 is 12.1 Å². The second kappa shape index (κ2) is 6.80. The van der Waals surface area contributed by atoms with Crippen LogP contribution in [-0.4, -0.2) is 26.3 Å². The van der Waals surface area contributed by atoms with E-state index in [1.54, 1.807) is 52.3 Å². The highest BCUT2D eigenvalue weighted by Gasteiger charge is 2.12. The Hall–Kier alpha value is -2.76. The molecular weight excluding hydrogens is 284 g/mol. The molecule has 0 fully saturated rings. The summed E-state index contributed by atoms with van der Waals surface area (Å²) < 4.78 is 15.7. The molecular formula is C16H18N2O4. The quantitative estimate of drug-likeness (QED) is 0.681. The van der Waals surface area contributed by atoms with E-state index >= 15 is 0 Å². The summed E-state index contributed by atoms with van der Waals surface area (Å²) in [6, 6.07) is 7.00. The highest BCUT2D eigenvalue weighted by Crippen LogP contribution is 2.21. The number of hydrogen-bond donors (Lipinski definition) is 1. The van der Waals surface area contributed by atoms with Crippen molar-refractivity contribution in [3.05, 3.63) is 46.9 Å². The van der Waals surface area contributed by atoms with E-state index in [0.29, 0.717) is 28.6 Å². The Morgan fingerprint density at radius 2 is 1.77 bits per heavy atom. The van der Waals surface area contributed by atoms with Gasteiger partial charge in [-0.15, -0.1) is 0 Å². The smallest absolute Gasteiger partial charge is 0.274 e. The molecule has 0 atom stereocenters. The highest BCUT2D eigenvalue weighted by atomic mass is 16.5. The third-order valence-corrected chi connectivity index (χ3v) is 3.04. The van der Waals surface area contributed by atoms with Crippen molar-refractivity contribution in [1.29, 1.82) is 0 Å². The van der Waals surface area contributed by atoms with Gasteiger partial charge in [-0.1, -0.05) is 0 Å². The van der Waals surface area contributed by atoms with Crippen LogP contribution in [0.2, 0.25) is 0 Å². The Morgan fingerprint density at radius 3 is 2.27 bits per heavy atom. The minimum Gasteiger partial charge on any atom is -0.497 e. The minimum absolute atomic E-state index is 0.319. The Morgan fingerprint density at radius 1 is 1.14 bits per heavy atom. The number of nitrogens with zero attached hydrogens (tertiary/aromatic N) is 1. The molecule has 6 nitrogen and oxygen atoms in total. The van der Waals surface area contributed by atoms with Gasteiger partial charge in [0.1, 0.15) is 23.0 Å². The van der Waals surface area contributed by atoms with Crippen LogP contribution in [0.15, 0.2) is 33.8 Å². The van der Waals surface area contributed by atoms with E-state index < -0.39 is 0 Å². The molecule has 1 amide bonds. The van der Waals surface area contributed by atoms with Gasteiger partial charge in [0.2, 0.25) is 0 Å². The van der Waals surface area contributed by atoms with Crippen LogP contribution in [-0.2, 0) is 0 Å². The number of nitrogens with one attached hydrogen (secondary N) is 1. The van der Waals surface area contributed by atoms with Gasteiger partial charge in [0.25, 0.3) is 5.91 Å². The van der Waals surface area contributed by atoms with Crippen molar-refractivity contribution < 1.29 is 18.7 Å². The van der Waals surface area contributed by atoms with E-state index in [2.05, 4.69) is 10.5 Å². The fraction of sp³-hybridized carbons (Fsp3) is 0.250. The van der Waals surface area contributed by atoms with Crippen LogP contribution >= 0.6 is 0 Å². The predicted molar refractivity (Wildman–Crippen MR) is 82.8 cm³/mol. The van der Waals surface area contributed by atoms with Gasteiger partial charge in [-0.2, -0.15) is 5.10 Å². The normalized spacial score (nSPS) is 10.7. The number of methoxy groups -OCH3 is 2. The summed E-state index contributed by atoms with van der Waals surface area (Å²) in [6.07, 6.45) is 1.52. The molecule has 0 spiro atoms. The Balaban J connectivity index is 2.09. The van der Waals surface area contributed by atoms with Crippen LogP contribution in [0.5, 0.6) is 11.5 Å². The minimum atomic E-state index is -0.319. The molecule has 1 N–H and O–H groups in total. The number of hydrazone groups is 1. The van der Waals surface area contributed by atoms with Crippen LogP contribution < -0.4 is 14.9 Å².